The highest BCUT2D eigenvalue weighted by Gasteiger charge is 1.87. The fraction of sp³-hybridized carbons (Fsp3) is 0.300. The van der Waals surface area contributed by atoms with Gasteiger partial charge in [-0.1, -0.05) is 24.4 Å². The quantitative estimate of drug-likeness (QED) is 0.605. The number of hydrogen-bond donors (Lipinski definition) is 0. The second-order valence-electron chi connectivity index (χ2n) is 2.41. The molecule has 1 aromatic rings. The Hall–Kier alpha value is -1.00. The summed E-state index contributed by atoms with van der Waals surface area (Å²) in [5, 5.41) is 0.649. The van der Waals surface area contributed by atoms with Gasteiger partial charge in [0.05, 0.1) is 5.02 Å². The molecule has 0 atom stereocenters. The van der Waals surface area contributed by atoms with Crippen LogP contribution in [0.25, 0.3) is 0 Å². The molecule has 0 aliphatic rings. The molecule has 0 aromatic carbocycles. The maximum absolute atomic E-state index is 5.66. The van der Waals surface area contributed by atoms with Gasteiger partial charge in [-0.3, -0.25) is 0 Å². The Morgan fingerprint density at radius 1 is 1.50 bits per heavy atom. The molecule has 62 valence electrons. The molecular formula is C10H10ClN. The first-order chi connectivity index (χ1) is 5.83. The Kier molecular flexibility index (Phi) is 3.63. The van der Waals surface area contributed by atoms with Crippen LogP contribution in [0.15, 0.2) is 18.3 Å². The van der Waals surface area contributed by atoms with E-state index in [1.54, 1.807) is 12.3 Å². The fourth-order valence-electron chi connectivity index (χ4n) is 0.728. The van der Waals surface area contributed by atoms with Crippen molar-refractivity contribution in [1.29, 1.82) is 0 Å². The molecule has 2 heteroatoms. The third-order valence-corrected chi connectivity index (χ3v) is 1.54. The Bertz CT molecular complexity index is 292. The monoisotopic (exact) mass is 179 g/mol. The summed E-state index contributed by atoms with van der Waals surface area (Å²) < 4.78 is 0. The van der Waals surface area contributed by atoms with Gasteiger partial charge in [-0.15, -0.1) is 0 Å². The van der Waals surface area contributed by atoms with E-state index in [9.17, 15) is 0 Å². The van der Waals surface area contributed by atoms with Crippen molar-refractivity contribution in [2.45, 2.75) is 19.8 Å². The Balaban J connectivity index is 2.66. The van der Waals surface area contributed by atoms with Crippen LogP contribution in [0.5, 0.6) is 0 Å². The minimum Gasteiger partial charge on any atom is -0.246 e. The van der Waals surface area contributed by atoms with Gasteiger partial charge >= 0.3 is 0 Å². The van der Waals surface area contributed by atoms with Gasteiger partial charge in [0.1, 0.15) is 5.69 Å². The van der Waals surface area contributed by atoms with E-state index in [2.05, 4.69) is 23.7 Å². The first-order valence-electron chi connectivity index (χ1n) is 3.93. The molecule has 0 saturated carbocycles. The highest BCUT2D eigenvalue weighted by Crippen LogP contribution is 2.04. The van der Waals surface area contributed by atoms with Crippen LogP contribution >= 0.6 is 11.6 Å². The lowest BCUT2D eigenvalue weighted by molar-refractivity contribution is 0.983. The summed E-state index contributed by atoms with van der Waals surface area (Å²) in [7, 11) is 0. The maximum Gasteiger partial charge on any atom is 0.113 e. The van der Waals surface area contributed by atoms with E-state index in [4.69, 9.17) is 11.6 Å². The molecule has 1 aromatic heterocycles. The third kappa shape index (κ3) is 2.94. The molecule has 0 radical (unpaired) electrons. The number of aromatic nitrogens is 1. The number of pyridine rings is 1. The predicted octanol–water partition coefficient (Wildman–Crippen LogP) is 2.89. The summed E-state index contributed by atoms with van der Waals surface area (Å²) >= 11 is 5.66. The molecule has 12 heavy (non-hydrogen) atoms. The largest absolute Gasteiger partial charge is 0.246 e. The zero-order chi connectivity index (χ0) is 8.81. The van der Waals surface area contributed by atoms with Crippen LogP contribution in [0, 0.1) is 11.8 Å². The summed E-state index contributed by atoms with van der Waals surface area (Å²) in [6.45, 7) is 2.10. The van der Waals surface area contributed by atoms with E-state index in [1.807, 2.05) is 6.07 Å². The summed E-state index contributed by atoms with van der Waals surface area (Å²) in [5.41, 5.74) is 0.785. The van der Waals surface area contributed by atoms with E-state index in [1.165, 1.54) is 0 Å². The second kappa shape index (κ2) is 4.79. The molecule has 0 fully saturated rings. The molecule has 0 amide bonds. The molecule has 0 saturated heterocycles. The van der Waals surface area contributed by atoms with Gasteiger partial charge in [0.25, 0.3) is 0 Å². The van der Waals surface area contributed by atoms with Crippen molar-refractivity contribution in [3.63, 3.8) is 0 Å². The van der Waals surface area contributed by atoms with Crippen LogP contribution in [0.3, 0.4) is 0 Å². The van der Waals surface area contributed by atoms with Crippen molar-refractivity contribution in [3.05, 3.63) is 29.0 Å². The number of unbranched alkanes of at least 4 members (excludes halogenated alkanes) is 1. The van der Waals surface area contributed by atoms with Crippen molar-refractivity contribution in [1.82, 2.24) is 4.98 Å². The number of hydrogen-bond acceptors (Lipinski definition) is 1. The summed E-state index contributed by atoms with van der Waals surface area (Å²) in [5.74, 6) is 5.97. The average molecular weight is 180 g/mol. The molecule has 1 nitrogen and oxygen atoms in total. The Morgan fingerprint density at radius 3 is 2.92 bits per heavy atom. The van der Waals surface area contributed by atoms with Gasteiger partial charge in [-0.25, -0.2) is 4.98 Å². The summed E-state index contributed by atoms with van der Waals surface area (Å²) in [6, 6.07) is 3.62. The van der Waals surface area contributed by atoms with E-state index >= 15 is 0 Å². The molecule has 0 bridgehead atoms. The van der Waals surface area contributed by atoms with Gasteiger partial charge in [0.15, 0.2) is 0 Å². The van der Waals surface area contributed by atoms with E-state index in [-0.39, 0.29) is 0 Å². The van der Waals surface area contributed by atoms with Crippen molar-refractivity contribution < 1.29 is 0 Å². The smallest absolute Gasteiger partial charge is 0.113 e. The summed E-state index contributed by atoms with van der Waals surface area (Å²) in [4.78, 5) is 4.04. The zero-order valence-electron chi connectivity index (χ0n) is 6.97. The van der Waals surface area contributed by atoms with Crippen molar-refractivity contribution in [2.24, 2.45) is 0 Å². The minimum absolute atomic E-state index is 0.649. The average Bonchev–Trinajstić information content (AvgIpc) is 2.09. The molecule has 1 heterocycles. The van der Waals surface area contributed by atoms with Crippen LogP contribution in [0.4, 0.5) is 0 Å². The molecule has 0 aliphatic heterocycles. The lowest BCUT2D eigenvalue weighted by Crippen LogP contribution is -1.79. The number of halogens is 1. The normalized spacial score (nSPS) is 8.83. The molecular weight excluding hydrogens is 170 g/mol. The van der Waals surface area contributed by atoms with Crippen molar-refractivity contribution in [2.75, 3.05) is 0 Å². The molecule has 0 spiro atoms. The van der Waals surface area contributed by atoms with Gasteiger partial charge in [-0.05, 0) is 24.5 Å². The number of rotatable bonds is 1. The second-order valence-corrected chi connectivity index (χ2v) is 2.85. The van der Waals surface area contributed by atoms with Crippen LogP contribution in [-0.4, -0.2) is 4.98 Å². The van der Waals surface area contributed by atoms with Crippen molar-refractivity contribution >= 4 is 11.6 Å². The highest BCUT2D eigenvalue weighted by atomic mass is 35.5. The topological polar surface area (TPSA) is 12.9 Å². The van der Waals surface area contributed by atoms with E-state index < -0.39 is 0 Å². The van der Waals surface area contributed by atoms with Gasteiger partial charge in [-0.2, -0.15) is 0 Å². The van der Waals surface area contributed by atoms with Crippen LogP contribution in [0.1, 0.15) is 25.5 Å². The maximum atomic E-state index is 5.66. The lowest BCUT2D eigenvalue weighted by Gasteiger charge is -1.88. The first-order valence-corrected chi connectivity index (χ1v) is 4.31. The van der Waals surface area contributed by atoms with Crippen LogP contribution in [0.2, 0.25) is 5.02 Å². The van der Waals surface area contributed by atoms with Crippen molar-refractivity contribution in [3.8, 4) is 11.8 Å². The van der Waals surface area contributed by atoms with Gasteiger partial charge in [0, 0.05) is 12.6 Å². The summed E-state index contributed by atoms with van der Waals surface area (Å²) in [6.07, 6.45) is 3.61. The van der Waals surface area contributed by atoms with Gasteiger partial charge < -0.3 is 0 Å². The molecule has 0 aliphatic carbocycles. The third-order valence-electron chi connectivity index (χ3n) is 1.32. The zero-order valence-corrected chi connectivity index (χ0v) is 7.73. The predicted molar refractivity (Wildman–Crippen MR) is 51.0 cm³/mol. The Labute approximate surface area is 77.8 Å². The molecule has 1 rings (SSSR count). The molecule has 0 N–H and O–H groups in total. The highest BCUT2D eigenvalue weighted by molar-refractivity contribution is 6.30. The number of nitrogens with zero attached hydrogens (tertiary/aromatic N) is 1. The SMILES string of the molecule is CCCC#Cc1ccc(Cl)cn1. The van der Waals surface area contributed by atoms with Crippen LogP contribution in [-0.2, 0) is 0 Å². The Morgan fingerprint density at radius 2 is 2.33 bits per heavy atom. The molecule has 0 unspecified atom stereocenters. The van der Waals surface area contributed by atoms with E-state index in [0.29, 0.717) is 5.02 Å². The standard InChI is InChI=1S/C10H10ClN/c1-2-3-4-5-10-7-6-9(11)8-12-10/h6-8H,2-3H2,1H3. The first kappa shape index (κ1) is 9.09. The van der Waals surface area contributed by atoms with Gasteiger partial charge in [0.2, 0.25) is 0 Å². The lowest BCUT2D eigenvalue weighted by atomic mass is 10.3. The fourth-order valence-corrected chi connectivity index (χ4v) is 0.840. The van der Waals surface area contributed by atoms with E-state index in [0.717, 1.165) is 18.5 Å². The minimum atomic E-state index is 0.649. The van der Waals surface area contributed by atoms with Crippen LogP contribution < -0.4 is 0 Å².